The Morgan fingerprint density at radius 1 is 1.82 bits per heavy atom. The Hall–Kier alpha value is 0.0700. The molecule has 1 heterocycles. The van der Waals surface area contributed by atoms with E-state index in [9.17, 15) is 4.57 Å². The first-order valence-corrected chi connectivity index (χ1v) is 5.06. The van der Waals surface area contributed by atoms with Crippen LogP contribution in [0, 0.1) is 0 Å². The lowest BCUT2D eigenvalue weighted by molar-refractivity contribution is -0.0148. The van der Waals surface area contributed by atoms with Crippen molar-refractivity contribution in [2.45, 2.75) is 6.10 Å². The quantitative estimate of drug-likeness (QED) is 0.377. The Labute approximate surface area is 65.4 Å². The fourth-order valence-electron chi connectivity index (χ4n) is 0.719. The van der Waals surface area contributed by atoms with Gasteiger partial charge in [0.15, 0.2) is 0 Å². The smallest absolute Gasteiger partial charge is 0.347 e. The van der Waals surface area contributed by atoms with Gasteiger partial charge in [0.05, 0.1) is 18.9 Å². The maximum absolute atomic E-state index is 11.1. The van der Waals surface area contributed by atoms with Gasteiger partial charge in [-0.05, 0) is 0 Å². The zero-order chi connectivity index (χ0) is 8.48. The summed E-state index contributed by atoms with van der Waals surface area (Å²) < 4.78 is 20.5. The second-order valence-electron chi connectivity index (χ2n) is 2.67. The molecular weight excluding hydrogens is 169 g/mol. The second kappa shape index (κ2) is 3.21. The fourth-order valence-corrected chi connectivity index (χ4v) is 2.02. The number of hydrogen-bond acceptors (Lipinski definition) is 4. The molecule has 1 aliphatic heterocycles. The molecule has 0 aliphatic carbocycles. The predicted molar refractivity (Wildman–Crippen MR) is 39.2 cm³/mol. The second-order valence-corrected chi connectivity index (χ2v) is 4.47. The highest BCUT2D eigenvalue weighted by Gasteiger charge is 2.34. The number of rotatable bonds is 4. The normalized spacial score (nSPS) is 28.5. The average Bonchev–Trinajstić information content (AvgIpc) is 2.43. The van der Waals surface area contributed by atoms with Gasteiger partial charge in [0.1, 0.15) is 0 Å². The van der Waals surface area contributed by atoms with Crippen LogP contribution in [0.5, 0.6) is 0 Å². The van der Waals surface area contributed by atoms with E-state index in [2.05, 4.69) is 4.62 Å². The third-order valence-electron chi connectivity index (χ3n) is 1.13. The molecule has 1 rings (SSSR count). The van der Waals surface area contributed by atoms with Crippen LogP contribution in [-0.4, -0.2) is 42.9 Å². The molecule has 1 fully saturated rings. The van der Waals surface area contributed by atoms with Gasteiger partial charge in [-0.3, -0.25) is 4.57 Å². The Bertz CT molecular complexity index is 171. The molecule has 5 nitrogen and oxygen atoms in total. The van der Waals surface area contributed by atoms with E-state index >= 15 is 0 Å². The molecule has 1 aliphatic rings. The van der Waals surface area contributed by atoms with E-state index in [0.29, 0.717) is 6.61 Å². The lowest BCUT2D eigenvalue weighted by Crippen LogP contribution is -2.13. The van der Waals surface area contributed by atoms with E-state index in [1.54, 1.807) is 14.1 Å². The number of epoxide rings is 1. The number of hydroxylamine groups is 2. The van der Waals surface area contributed by atoms with Gasteiger partial charge in [-0.2, -0.15) is 5.06 Å². The summed E-state index contributed by atoms with van der Waals surface area (Å²) >= 11 is 0. The number of hydrogen-bond donors (Lipinski definition) is 1. The number of ether oxygens (including phenoxy) is 1. The molecule has 0 spiro atoms. The topological polar surface area (TPSA) is 62.3 Å². The summed E-state index contributed by atoms with van der Waals surface area (Å²) in [5.41, 5.74) is 0. The molecule has 1 N–H and O–H groups in total. The zero-order valence-corrected chi connectivity index (χ0v) is 7.45. The summed E-state index contributed by atoms with van der Waals surface area (Å²) in [7, 11) is -0.309. The monoisotopic (exact) mass is 181 g/mol. The summed E-state index contributed by atoms with van der Waals surface area (Å²) in [4.78, 5) is 9.11. The standard InChI is InChI=1S/C5H12NO4P/c1-6(2)10-11(7,8)4-5-3-9-5/h5H,3-4H2,1-2H3,(H,7,8). The SMILES string of the molecule is CN(C)OP(=O)(O)CC1CO1. The van der Waals surface area contributed by atoms with Crippen LogP contribution in [0.1, 0.15) is 0 Å². The first-order chi connectivity index (χ1) is 4.99. The number of nitrogens with zero attached hydrogens (tertiary/aromatic N) is 1. The van der Waals surface area contributed by atoms with Gasteiger partial charge in [0, 0.05) is 14.1 Å². The van der Waals surface area contributed by atoms with Gasteiger partial charge in [-0.1, -0.05) is 0 Å². The molecule has 0 amide bonds. The molecular formula is C5H12NO4P. The molecule has 0 aromatic carbocycles. The first kappa shape index (κ1) is 9.16. The van der Waals surface area contributed by atoms with Crippen molar-refractivity contribution in [1.82, 2.24) is 5.06 Å². The van der Waals surface area contributed by atoms with Crippen LogP contribution in [0.15, 0.2) is 0 Å². The minimum atomic E-state index is -3.44. The highest BCUT2D eigenvalue weighted by molar-refractivity contribution is 7.52. The molecule has 1 saturated heterocycles. The summed E-state index contributed by atoms with van der Waals surface area (Å²) in [5, 5.41) is 1.23. The molecule has 0 radical (unpaired) electrons. The van der Waals surface area contributed by atoms with Crippen LogP contribution in [0.2, 0.25) is 0 Å². The van der Waals surface area contributed by atoms with Crippen molar-refractivity contribution in [1.29, 1.82) is 0 Å². The Kier molecular flexibility index (Phi) is 2.67. The van der Waals surface area contributed by atoms with Crippen molar-refractivity contribution in [3.05, 3.63) is 0 Å². The lowest BCUT2D eigenvalue weighted by Gasteiger charge is -2.14. The Morgan fingerprint density at radius 2 is 2.36 bits per heavy atom. The van der Waals surface area contributed by atoms with Crippen LogP contribution in [0.4, 0.5) is 0 Å². The molecule has 0 aromatic heterocycles. The molecule has 0 aromatic rings. The molecule has 66 valence electrons. The van der Waals surface area contributed by atoms with Crippen LogP contribution in [0.25, 0.3) is 0 Å². The van der Waals surface area contributed by atoms with Gasteiger partial charge in [0.25, 0.3) is 0 Å². The van der Waals surface area contributed by atoms with Gasteiger partial charge in [-0.25, -0.2) is 4.62 Å². The molecule has 6 heteroatoms. The maximum Gasteiger partial charge on any atom is 0.347 e. The van der Waals surface area contributed by atoms with Gasteiger partial charge < -0.3 is 9.63 Å². The highest BCUT2D eigenvalue weighted by atomic mass is 31.2. The largest absolute Gasteiger partial charge is 0.372 e. The summed E-state index contributed by atoms with van der Waals surface area (Å²) in [6.07, 6.45) is 0.0105. The van der Waals surface area contributed by atoms with Crippen molar-refractivity contribution in [3.63, 3.8) is 0 Å². The first-order valence-electron chi connectivity index (χ1n) is 3.30. The predicted octanol–water partition coefficient (Wildman–Crippen LogP) is 0.0638. The van der Waals surface area contributed by atoms with Gasteiger partial charge in [0.2, 0.25) is 0 Å². The van der Waals surface area contributed by atoms with E-state index in [1.807, 2.05) is 0 Å². The van der Waals surface area contributed by atoms with Crippen molar-refractivity contribution >= 4 is 7.60 Å². The van der Waals surface area contributed by atoms with Crippen LogP contribution < -0.4 is 0 Å². The van der Waals surface area contributed by atoms with E-state index < -0.39 is 7.60 Å². The average molecular weight is 181 g/mol. The third kappa shape index (κ3) is 3.84. The highest BCUT2D eigenvalue weighted by Crippen LogP contribution is 2.45. The van der Waals surface area contributed by atoms with E-state index in [1.165, 1.54) is 5.06 Å². The van der Waals surface area contributed by atoms with Gasteiger partial charge in [-0.15, -0.1) is 0 Å². The third-order valence-corrected chi connectivity index (χ3v) is 2.58. The van der Waals surface area contributed by atoms with Gasteiger partial charge >= 0.3 is 7.60 Å². The molecule has 2 unspecified atom stereocenters. The van der Waals surface area contributed by atoms with Crippen molar-refractivity contribution in [3.8, 4) is 0 Å². The van der Waals surface area contributed by atoms with Crippen molar-refractivity contribution in [2.75, 3.05) is 26.9 Å². The Morgan fingerprint density at radius 3 is 2.73 bits per heavy atom. The van der Waals surface area contributed by atoms with Crippen LogP contribution in [-0.2, 0) is 13.9 Å². The molecule has 11 heavy (non-hydrogen) atoms. The van der Waals surface area contributed by atoms with E-state index in [0.717, 1.165) is 0 Å². The maximum atomic E-state index is 11.1. The minimum absolute atomic E-state index is 0.0780. The van der Waals surface area contributed by atoms with Crippen LogP contribution in [0.3, 0.4) is 0 Å². The van der Waals surface area contributed by atoms with Crippen molar-refractivity contribution in [2.24, 2.45) is 0 Å². The summed E-state index contributed by atoms with van der Waals surface area (Å²) in [6, 6.07) is 0. The molecule has 2 atom stereocenters. The fraction of sp³-hybridized carbons (Fsp3) is 1.00. The van der Waals surface area contributed by atoms with E-state index in [-0.39, 0.29) is 12.3 Å². The van der Waals surface area contributed by atoms with Crippen molar-refractivity contribution < 1.29 is 18.8 Å². The van der Waals surface area contributed by atoms with E-state index in [4.69, 9.17) is 9.63 Å². The van der Waals surface area contributed by atoms with Crippen LogP contribution >= 0.6 is 7.60 Å². The summed E-state index contributed by atoms with van der Waals surface area (Å²) in [5.74, 6) is 0. The summed E-state index contributed by atoms with van der Waals surface area (Å²) in [6.45, 7) is 0.571. The molecule has 0 bridgehead atoms. The lowest BCUT2D eigenvalue weighted by atomic mass is 10.6. The Balaban J connectivity index is 2.31. The minimum Gasteiger partial charge on any atom is -0.372 e. The zero-order valence-electron chi connectivity index (χ0n) is 6.56. The molecule has 0 saturated carbocycles.